The fourth-order valence-corrected chi connectivity index (χ4v) is 2.92. The molecule has 0 atom stereocenters. The second kappa shape index (κ2) is 7.86. The number of non-ortho nitro benzene ring substituents is 1. The van der Waals surface area contributed by atoms with E-state index in [1.54, 1.807) is 6.07 Å². The van der Waals surface area contributed by atoms with Gasteiger partial charge in [0.05, 0.1) is 28.9 Å². The molecule has 1 aromatic heterocycles. The van der Waals surface area contributed by atoms with Crippen LogP contribution in [0.4, 0.5) is 11.4 Å². The molecular weight excluding hydrogens is 342 g/mol. The molecule has 0 saturated heterocycles. The molecule has 0 bridgehead atoms. The average Bonchev–Trinajstić information content (AvgIpc) is 3.11. The van der Waals surface area contributed by atoms with Gasteiger partial charge in [-0.3, -0.25) is 10.1 Å². The first-order valence-electron chi connectivity index (χ1n) is 7.74. The van der Waals surface area contributed by atoms with Crippen molar-refractivity contribution < 1.29 is 9.66 Å². The highest BCUT2D eigenvalue weighted by Crippen LogP contribution is 2.29. The van der Waals surface area contributed by atoms with Crippen LogP contribution in [0.3, 0.4) is 0 Å². The van der Waals surface area contributed by atoms with Gasteiger partial charge in [-0.1, -0.05) is 12.1 Å². The van der Waals surface area contributed by atoms with Crippen LogP contribution in [-0.4, -0.2) is 26.8 Å². The zero-order valence-corrected chi connectivity index (χ0v) is 14.2. The Labute approximate surface area is 148 Å². The first-order chi connectivity index (χ1) is 12.2. The zero-order valence-electron chi connectivity index (χ0n) is 13.3. The minimum atomic E-state index is -0.447. The van der Waals surface area contributed by atoms with Crippen molar-refractivity contribution in [3.8, 4) is 5.75 Å². The first-order valence-corrected chi connectivity index (χ1v) is 8.47. The summed E-state index contributed by atoms with van der Waals surface area (Å²) in [6, 6.07) is 10.8. The molecule has 25 heavy (non-hydrogen) atoms. The molecule has 3 aromatic rings. The Hall–Kier alpha value is -2.78. The monoisotopic (exact) mass is 359 g/mol. The number of nitrogens with zero attached hydrogens (tertiary/aromatic N) is 3. The summed E-state index contributed by atoms with van der Waals surface area (Å²) >= 11 is 0.965. The lowest BCUT2D eigenvalue weighted by Gasteiger charge is -2.09. The number of nitrogens with one attached hydrogen (secondary N) is 1. The summed E-state index contributed by atoms with van der Waals surface area (Å²) < 4.78 is 13.8. The van der Waals surface area contributed by atoms with Gasteiger partial charge in [0.1, 0.15) is 11.3 Å². The lowest BCUT2D eigenvalue weighted by Crippen LogP contribution is -2.08. The maximum atomic E-state index is 11.0. The minimum Gasteiger partial charge on any atom is -0.494 e. The second-order valence-corrected chi connectivity index (χ2v) is 5.86. The fraction of sp³-hybridized carbons (Fsp3) is 0.250. The topological polar surface area (TPSA) is 116 Å². The van der Waals surface area contributed by atoms with Crippen molar-refractivity contribution >= 4 is 34.1 Å². The third-order valence-corrected chi connectivity index (χ3v) is 4.18. The summed E-state index contributed by atoms with van der Waals surface area (Å²) in [6.07, 6.45) is 0.773. The van der Waals surface area contributed by atoms with Crippen LogP contribution in [0.1, 0.15) is 12.0 Å². The van der Waals surface area contributed by atoms with Crippen molar-refractivity contribution in [3.63, 3.8) is 0 Å². The molecule has 130 valence electrons. The van der Waals surface area contributed by atoms with E-state index in [0.717, 1.165) is 35.1 Å². The van der Waals surface area contributed by atoms with Gasteiger partial charge in [0, 0.05) is 19.2 Å². The van der Waals surface area contributed by atoms with Crippen molar-refractivity contribution in [3.05, 3.63) is 52.1 Å². The molecule has 0 saturated carbocycles. The summed E-state index contributed by atoms with van der Waals surface area (Å²) in [4.78, 5) is 10.5. The average molecular weight is 359 g/mol. The molecule has 0 aliphatic rings. The minimum absolute atomic E-state index is 0.0291. The second-order valence-electron chi connectivity index (χ2n) is 5.33. The lowest BCUT2D eigenvalue weighted by molar-refractivity contribution is -0.383. The summed E-state index contributed by atoms with van der Waals surface area (Å²) in [5.74, 6) is 0.804. The van der Waals surface area contributed by atoms with Crippen LogP contribution in [0.25, 0.3) is 11.0 Å². The van der Waals surface area contributed by atoms with Crippen molar-refractivity contribution in [2.24, 2.45) is 5.73 Å². The van der Waals surface area contributed by atoms with Gasteiger partial charge in [0.25, 0.3) is 5.69 Å². The number of benzene rings is 2. The highest BCUT2D eigenvalue weighted by atomic mass is 32.1. The van der Waals surface area contributed by atoms with Gasteiger partial charge in [0.15, 0.2) is 5.52 Å². The van der Waals surface area contributed by atoms with Gasteiger partial charge in [-0.2, -0.15) is 8.75 Å². The molecule has 3 N–H and O–H groups in total. The van der Waals surface area contributed by atoms with E-state index in [1.807, 2.05) is 24.3 Å². The van der Waals surface area contributed by atoms with E-state index in [1.165, 1.54) is 6.07 Å². The summed E-state index contributed by atoms with van der Waals surface area (Å²) in [7, 11) is 0. The molecule has 0 spiro atoms. The van der Waals surface area contributed by atoms with Gasteiger partial charge in [-0.15, -0.1) is 0 Å². The number of nitro benzene ring substituents is 1. The molecule has 0 unspecified atom stereocenters. The van der Waals surface area contributed by atoms with Crippen LogP contribution >= 0.6 is 11.7 Å². The maximum Gasteiger partial charge on any atom is 0.298 e. The number of rotatable bonds is 8. The molecular formula is C16H17N5O3S. The first kappa shape index (κ1) is 17.1. The molecule has 9 heteroatoms. The Morgan fingerprint density at radius 1 is 1.16 bits per heavy atom. The maximum absolute atomic E-state index is 11.0. The van der Waals surface area contributed by atoms with Crippen LogP contribution in [0.5, 0.6) is 5.75 Å². The Bertz CT molecular complexity index is 866. The molecule has 0 fully saturated rings. The van der Waals surface area contributed by atoms with E-state index in [4.69, 9.17) is 10.5 Å². The number of nitro groups is 1. The van der Waals surface area contributed by atoms with Crippen LogP contribution < -0.4 is 15.8 Å². The SMILES string of the molecule is NCc1ccc(OCCCNc2ccc([N+](=O)[O-])c3nsnc23)cc1. The number of fused-ring (bicyclic) bond motifs is 1. The fourth-order valence-electron chi connectivity index (χ4n) is 2.35. The number of nitrogens with two attached hydrogens (primary N) is 1. The number of anilines is 1. The van der Waals surface area contributed by atoms with Crippen LogP contribution in [0.2, 0.25) is 0 Å². The number of ether oxygens (including phenoxy) is 1. The largest absolute Gasteiger partial charge is 0.494 e. The Morgan fingerprint density at radius 3 is 2.64 bits per heavy atom. The van der Waals surface area contributed by atoms with Crippen molar-refractivity contribution in [2.45, 2.75) is 13.0 Å². The zero-order chi connectivity index (χ0) is 17.6. The molecule has 8 nitrogen and oxygen atoms in total. The highest BCUT2D eigenvalue weighted by Gasteiger charge is 2.17. The van der Waals surface area contributed by atoms with E-state index in [9.17, 15) is 10.1 Å². The number of hydrogen-bond donors (Lipinski definition) is 2. The van der Waals surface area contributed by atoms with Crippen molar-refractivity contribution in [2.75, 3.05) is 18.5 Å². The van der Waals surface area contributed by atoms with E-state index in [-0.39, 0.29) is 5.69 Å². The van der Waals surface area contributed by atoms with E-state index < -0.39 is 4.92 Å². The van der Waals surface area contributed by atoms with Gasteiger partial charge in [-0.25, -0.2) is 0 Å². The lowest BCUT2D eigenvalue weighted by atomic mass is 10.2. The van der Waals surface area contributed by atoms with Crippen molar-refractivity contribution in [1.82, 2.24) is 8.75 Å². The third kappa shape index (κ3) is 4.01. The highest BCUT2D eigenvalue weighted by molar-refractivity contribution is 7.00. The number of hydrogen-bond acceptors (Lipinski definition) is 8. The normalized spacial score (nSPS) is 10.8. The molecule has 0 amide bonds. The van der Waals surface area contributed by atoms with Gasteiger partial charge < -0.3 is 15.8 Å². The Kier molecular flexibility index (Phi) is 5.36. The molecule has 2 aromatic carbocycles. The smallest absolute Gasteiger partial charge is 0.298 e. The third-order valence-electron chi connectivity index (χ3n) is 3.66. The summed E-state index contributed by atoms with van der Waals surface area (Å²) in [6.45, 7) is 1.73. The van der Waals surface area contributed by atoms with E-state index in [2.05, 4.69) is 14.1 Å². The Balaban J connectivity index is 1.52. The number of aromatic nitrogens is 2. The Morgan fingerprint density at radius 2 is 1.92 bits per heavy atom. The predicted octanol–water partition coefficient (Wildman–Crippen LogP) is 2.94. The van der Waals surface area contributed by atoms with Gasteiger partial charge in [0.2, 0.25) is 0 Å². The predicted molar refractivity (Wildman–Crippen MR) is 97.0 cm³/mol. The van der Waals surface area contributed by atoms with E-state index >= 15 is 0 Å². The summed E-state index contributed by atoms with van der Waals surface area (Å²) in [5, 5.41) is 14.2. The quantitative estimate of drug-likeness (QED) is 0.361. The van der Waals surface area contributed by atoms with Crippen LogP contribution in [-0.2, 0) is 6.54 Å². The molecule has 0 radical (unpaired) electrons. The standard InChI is InChI=1S/C16H17N5O3S/c17-10-11-2-4-12(5-3-11)24-9-1-8-18-13-6-7-14(21(22)23)16-15(13)19-25-20-16/h2-7,18H,1,8-10,17H2. The molecule has 1 heterocycles. The van der Waals surface area contributed by atoms with Crippen LogP contribution in [0, 0.1) is 10.1 Å². The van der Waals surface area contributed by atoms with Gasteiger partial charge >= 0.3 is 0 Å². The summed E-state index contributed by atoms with van der Waals surface area (Å²) in [5.41, 5.74) is 8.17. The van der Waals surface area contributed by atoms with Crippen molar-refractivity contribution in [1.29, 1.82) is 0 Å². The van der Waals surface area contributed by atoms with Crippen LogP contribution in [0.15, 0.2) is 36.4 Å². The molecule has 0 aliphatic carbocycles. The molecule has 3 rings (SSSR count). The van der Waals surface area contributed by atoms with E-state index in [0.29, 0.717) is 30.7 Å². The molecule has 0 aliphatic heterocycles. The van der Waals surface area contributed by atoms with Gasteiger partial charge in [-0.05, 0) is 30.2 Å².